The van der Waals surface area contributed by atoms with Gasteiger partial charge in [0, 0.05) is 17.9 Å². The van der Waals surface area contributed by atoms with Crippen LogP contribution in [0.3, 0.4) is 0 Å². The Morgan fingerprint density at radius 2 is 2.00 bits per heavy atom. The summed E-state index contributed by atoms with van der Waals surface area (Å²) in [6.07, 6.45) is 3.63. The van der Waals surface area contributed by atoms with Crippen LogP contribution in [0.5, 0.6) is 11.5 Å². The van der Waals surface area contributed by atoms with Crippen molar-refractivity contribution in [1.29, 1.82) is 0 Å². The molecule has 2 rings (SSSR count). The number of methoxy groups -OCH3 is 1. The van der Waals surface area contributed by atoms with Gasteiger partial charge in [0.15, 0.2) is 0 Å². The highest BCUT2D eigenvalue weighted by atomic mass is 79.9. The molecule has 2 atom stereocenters. The lowest BCUT2D eigenvalue weighted by Gasteiger charge is -2.55. The molecule has 118 valence electrons. The monoisotopic (exact) mass is 355 g/mol. The van der Waals surface area contributed by atoms with E-state index < -0.39 is 0 Å². The fourth-order valence-electron chi connectivity index (χ4n) is 3.50. The first-order chi connectivity index (χ1) is 10.1. The van der Waals surface area contributed by atoms with Gasteiger partial charge in [0.1, 0.15) is 17.6 Å². The molecule has 0 aliphatic heterocycles. The van der Waals surface area contributed by atoms with Crippen molar-refractivity contribution in [2.45, 2.75) is 52.2 Å². The van der Waals surface area contributed by atoms with Gasteiger partial charge in [0.2, 0.25) is 0 Å². The molecule has 1 saturated carbocycles. The fourth-order valence-corrected chi connectivity index (χ4v) is 3.95. The standard InChI is InChI=1S/C17H26BrNO2/c1-5-17(6-2)15(19-7-3)11-16(17)21-14-9-8-12(20-4)10-13(14)18/h8-10,15-16,19H,5-7,11H2,1-4H3. The molecule has 1 fully saturated rings. The quantitative estimate of drug-likeness (QED) is 0.786. The lowest BCUT2D eigenvalue weighted by molar-refractivity contribution is -0.0857. The van der Waals surface area contributed by atoms with Gasteiger partial charge in [-0.15, -0.1) is 0 Å². The second-order valence-corrected chi connectivity index (χ2v) is 6.54. The molecule has 21 heavy (non-hydrogen) atoms. The van der Waals surface area contributed by atoms with E-state index >= 15 is 0 Å². The average molecular weight is 356 g/mol. The third-order valence-electron chi connectivity index (χ3n) is 4.96. The molecule has 0 spiro atoms. The van der Waals surface area contributed by atoms with Crippen LogP contribution in [0, 0.1) is 5.41 Å². The van der Waals surface area contributed by atoms with Crippen molar-refractivity contribution in [1.82, 2.24) is 5.32 Å². The molecule has 1 aliphatic carbocycles. The summed E-state index contributed by atoms with van der Waals surface area (Å²) in [5, 5.41) is 3.61. The summed E-state index contributed by atoms with van der Waals surface area (Å²) < 4.78 is 12.5. The Kier molecular flexibility index (Phi) is 5.55. The zero-order chi connectivity index (χ0) is 15.5. The Balaban J connectivity index is 2.12. The number of benzene rings is 1. The Labute approximate surface area is 136 Å². The van der Waals surface area contributed by atoms with Gasteiger partial charge >= 0.3 is 0 Å². The van der Waals surface area contributed by atoms with E-state index in [0.717, 1.165) is 41.8 Å². The Bertz CT molecular complexity index is 474. The van der Waals surface area contributed by atoms with Gasteiger partial charge in [-0.05, 0) is 53.5 Å². The van der Waals surface area contributed by atoms with Crippen LogP contribution in [-0.4, -0.2) is 25.8 Å². The lowest BCUT2D eigenvalue weighted by atomic mass is 9.58. The molecule has 0 heterocycles. The van der Waals surface area contributed by atoms with Gasteiger partial charge in [-0.2, -0.15) is 0 Å². The van der Waals surface area contributed by atoms with Gasteiger partial charge < -0.3 is 14.8 Å². The van der Waals surface area contributed by atoms with E-state index in [1.807, 2.05) is 18.2 Å². The first-order valence-corrected chi connectivity index (χ1v) is 8.64. The van der Waals surface area contributed by atoms with E-state index in [1.165, 1.54) is 0 Å². The predicted octanol–water partition coefficient (Wildman–Crippen LogP) is 4.39. The number of hydrogen-bond acceptors (Lipinski definition) is 3. The van der Waals surface area contributed by atoms with Crippen LogP contribution in [0.4, 0.5) is 0 Å². The minimum Gasteiger partial charge on any atom is -0.497 e. The van der Waals surface area contributed by atoms with E-state index in [-0.39, 0.29) is 11.5 Å². The topological polar surface area (TPSA) is 30.5 Å². The maximum Gasteiger partial charge on any atom is 0.134 e. The van der Waals surface area contributed by atoms with Crippen molar-refractivity contribution in [2.75, 3.05) is 13.7 Å². The van der Waals surface area contributed by atoms with Crippen molar-refractivity contribution < 1.29 is 9.47 Å². The lowest BCUT2D eigenvalue weighted by Crippen LogP contribution is -2.64. The molecule has 1 aromatic carbocycles. The smallest absolute Gasteiger partial charge is 0.134 e. The zero-order valence-electron chi connectivity index (χ0n) is 13.4. The molecule has 4 heteroatoms. The number of nitrogens with one attached hydrogen (secondary N) is 1. The third kappa shape index (κ3) is 3.07. The van der Waals surface area contributed by atoms with Crippen LogP contribution in [0.1, 0.15) is 40.0 Å². The van der Waals surface area contributed by atoms with Crippen molar-refractivity contribution in [2.24, 2.45) is 5.41 Å². The van der Waals surface area contributed by atoms with Gasteiger partial charge in [0.05, 0.1) is 11.6 Å². The summed E-state index contributed by atoms with van der Waals surface area (Å²) in [6, 6.07) is 6.45. The summed E-state index contributed by atoms with van der Waals surface area (Å²) in [6.45, 7) is 7.73. The number of hydrogen-bond donors (Lipinski definition) is 1. The van der Waals surface area contributed by atoms with Crippen LogP contribution in [0.15, 0.2) is 22.7 Å². The first kappa shape index (κ1) is 16.6. The minimum absolute atomic E-state index is 0.245. The van der Waals surface area contributed by atoms with Gasteiger partial charge in [-0.25, -0.2) is 0 Å². The third-order valence-corrected chi connectivity index (χ3v) is 5.58. The summed E-state index contributed by atoms with van der Waals surface area (Å²) >= 11 is 3.58. The number of halogens is 1. The summed E-state index contributed by atoms with van der Waals surface area (Å²) in [5.74, 6) is 1.74. The Hall–Kier alpha value is -0.740. The SMILES string of the molecule is CCNC1CC(Oc2ccc(OC)cc2Br)C1(CC)CC. The molecule has 0 radical (unpaired) electrons. The Morgan fingerprint density at radius 1 is 1.29 bits per heavy atom. The van der Waals surface area contributed by atoms with Crippen molar-refractivity contribution in [3.63, 3.8) is 0 Å². The highest BCUT2D eigenvalue weighted by Crippen LogP contribution is 2.49. The van der Waals surface area contributed by atoms with Crippen LogP contribution < -0.4 is 14.8 Å². The van der Waals surface area contributed by atoms with Gasteiger partial charge in [0.25, 0.3) is 0 Å². The molecule has 0 amide bonds. The molecule has 0 aromatic heterocycles. The highest BCUT2D eigenvalue weighted by Gasteiger charge is 2.53. The van der Waals surface area contributed by atoms with Crippen LogP contribution >= 0.6 is 15.9 Å². The largest absolute Gasteiger partial charge is 0.497 e. The maximum atomic E-state index is 6.31. The average Bonchev–Trinajstić information content (AvgIpc) is 2.49. The molecule has 1 aromatic rings. The molecular weight excluding hydrogens is 330 g/mol. The Morgan fingerprint density at radius 3 is 2.52 bits per heavy atom. The fraction of sp³-hybridized carbons (Fsp3) is 0.647. The minimum atomic E-state index is 0.245. The number of ether oxygens (including phenoxy) is 2. The summed E-state index contributed by atoms with van der Waals surface area (Å²) in [7, 11) is 1.68. The molecule has 0 bridgehead atoms. The van der Waals surface area contributed by atoms with Gasteiger partial charge in [-0.3, -0.25) is 0 Å². The van der Waals surface area contributed by atoms with Crippen molar-refractivity contribution in [3.05, 3.63) is 22.7 Å². The molecule has 0 saturated heterocycles. The highest BCUT2D eigenvalue weighted by molar-refractivity contribution is 9.10. The van der Waals surface area contributed by atoms with E-state index in [0.29, 0.717) is 6.04 Å². The van der Waals surface area contributed by atoms with E-state index in [4.69, 9.17) is 9.47 Å². The second kappa shape index (κ2) is 7.01. The van der Waals surface area contributed by atoms with Crippen LogP contribution in [-0.2, 0) is 0 Å². The van der Waals surface area contributed by atoms with Crippen LogP contribution in [0.25, 0.3) is 0 Å². The van der Waals surface area contributed by atoms with E-state index in [2.05, 4.69) is 42.0 Å². The second-order valence-electron chi connectivity index (χ2n) is 5.69. The van der Waals surface area contributed by atoms with Gasteiger partial charge in [-0.1, -0.05) is 20.8 Å². The van der Waals surface area contributed by atoms with E-state index in [9.17, 15) is 0 Å². The van der Waals surface area contributed by atoms with Crippen molar-refractivity contribution in [3.8, 4) is 11.5 Å². The summed E-state index contributed by atoms with van der Waals surface area (Å²) in [5.41, 5.74) is 0.245. The molecule has 1 N–H and O–H groups in total. The molecule has 1 aliphatic rings. The normalized spacial score (nSPS) is 23.5. The molecule has 2 unspecified atom stereocenters. The van der Waals surface area contributed by atoms with Crippen LogP contribution in [0.2, 0.25) is 0 Å². The first-order valence-electron chi connectivity index (χ1n) is 7.84. The van der Waals surface area contributed by atoms with Crippen molar-refractivity contribution >= 4 is 15.9 Å². The summed E-state index contributed by atoms with van der Waals surface area (Å²) in [4.78, 5) is 0. The zero-order valence-corrected chi connectivity index (χ0v) is 15.0. The maximum absolute atomic E-state index is 6.31. The molecular formula is C17H26BrNO2. The molecule has 3 nitrogen and oxygen atoms in total. The van der Waals surface area contributed by atoms with E-state index in [1.54, 1.807) is 7.11 Å². The number of rotatable bonds is 7. The predicted molar refractivity (Wildman–Crippen MR) is 90.2 cm³/mol.